The molecule has 8 heteroatoms. The molecule has 152 valence electrons. The fourth-order valence-electron chi connectivity index (χ4n) is 4.04. The molecule has 0 bridgehead atoms. The number of nitrogen functional groups attached to an aromatic ring is 1. The van der Waals surface area contributed by atoms with Gasteiger partial charge in [-0.1, -0.05) is 11.6 Å². The van der Waals surface area contributed by atoms with Gasteiger partial charge in [-0.2, -0.15) is 0 Å². The molecule has 0 amide bonds. The van der Waals surface area contributed by atoms with Gasteiger partial charge in [-0.15, -0.1) is 10.2 Å². The Morgan fingerprint density at radius 3 is 2.93 bits per heavy atom. The molecule has 2 aromatic rings. The number of aromatic nitrogens is 2. The van der Waals surface area contributed by atoms with Gasteiger partial charge in [-0.05, 0) is 51.3 Å². The molecule has 1 fully saturated rings. The van der Waals surface area contributed by atoms with Gasteiger partial charge >= 0.3 is 0 Å². The number of methoxy groups -OCH3 is 1. The summed E-state index contributed by atoms with van der Waals surface area (Å²) in [5.74, 6) is 2.18. The van der Waals surface area contributed by atoms with Gasteiger partial charge < -0.3 is 24.5 Å². The zero-order valence-electron chi connectivity index (χ0n) is 16.2. The van der Waals surface area contributed by atoms with E-state index < -0.39 is 0 Å². The Labute approximate surface area is 170 Å². The first-order valence-corrected chi connectivity index (χ1v) is 10.3. The van der Waals surface area contributed by atoms with Crippen molar-refractivity contribution in [3.05, 3.63) is 22.5 Å². The van der Waals surface area contributed by atoms with Crippen LogP contribution in [0.25, 0.3) is 11.5 Å². The van der Waals surface area contributed by atoms with Gasteiger partial charge in [-0.25, -0.2) is 0 Å². The molecule has 7 nitrogen and oxygen atoms in total. The molecule has 2 aliphatic rings. The van der Waals surface area contributed by atoms with E-state index in [1.54, 1.807) is 13.2 Å². The normalized spacial score (nSPS) is 18.1. The first-order chi connectivity index (χ1) is 13.7. The maximum atomic E-state index is 6.34. The van der Waals surface area contributed by atoms with Gasteiger partial charge in [0.15, 0.2) is 0 Å². The predicted octanol–water partition coefficient (Wildman–Crippen LogP) is 3.51. The first-order valence-electron chi connectivity index (χ1n) is 9.96. The van der Waals surface area contributed by atoms with Crippen LogP contribution in [0.3, 0.4) is 0 Å². The number of ether oxygens (including phenoxy) is 2. The summed E-state index contributed by atoms with van der Waals surface area (Å²) >= 11 is 6.34. The average molecular weight is 407 g/mol. The third-order valence-electron chi connectivity index (χ3n) is 5.62. The Kier molecular flexibility index (Phi) is 6.04. The number of nitrogens with two attached hydrogens (primary N) is 1. The van der Waals surface area contributed by atoms with Crippen LogP contribution in [0.15, 0.2) is 10.5 Å². The maximum Gasteiger partial charge on any atom is 0.251 e. The summed E-state index contributed by atoms with van der Waals surface area (Å²) in [7, 11) is 1.75. The molecule has 0 radical (unpaired) electrons. The molecule has 2 aliphatic heterocycles. The highest BCUT2D eigenvalue weighted by Crippen LogP contribution is 2.43. The molecular formula is C20H27ClN4O3. The van der Waals surface area contributed by atoms with Crippen molar-refractivity contribution in [2.75, 3.05) is 45.7 Å². The molecule has 4 rings (SSSR count). The number of hydrogen-bond donors (Lipinski definition) is 1. The van der Waals surface area contributed by atoms with Gasteiger partial charge in [0.2, 0.25) is 5.89 Å². The van der Waals surface area contributed by atoms with Crippen molar-refractivity contribution in [2.24, 2.45) is 0 Å². The van der Waals surface area contributed by atoms with E-state index in [9.17, 15) is 0 Å². The second-order valence-corrected chi connectivity index (χ2v) is 7.89. The quantitative estimate of drug-likeness (QED) is 0.580. The van der Waals surface area contributed by atoms with Crippen molar-refractivity contribution < 1.29 is 13.9 Å². The van der Waals surface area contributed by atoms with E-state index in [0.29, 0.717) is 35.0 Å². The Morgan fingerprint density at radius 2 is 2.14 bits per heavy atom. The summed E-state index contributed by atoms with van der Waals surface area (Å²) < 4.78 is 17.1. The zero-order chi connectivity index (χ0) is 19.5. The molecule has 0 unspecified atom stereocenters. The van der Waals surface area contributed by atoms with E-state index in [1.807, 2.05) is 0 Å². The maximum absolute atomic E-state index is 6.34. The van der Waals surface area contributed by atoms with Crippen LogP contribution in [-0.4, -0.2) is 55.1 Å². The monoisotopic (exact) mass is 406 g/mol. The Morgan fingerprint density at radius 1 is 1.32 bits per heavy atom. The SMILES string of the molecule is COCCCN1CCC(c2nnc(-c3cc(Cl)c(N)c4c3OCCC4)o2)CC1. The summed E-state index contributed by atoms with van der Waals surface area (Å²) in [6.07, 6.45) is 4.87. The van der Waals surface area contributed by atoms with Crippen LogP contribution in [0.4, 0.5) is 5.69 Å². The number of halogens is 1. The Balaban J connectivity index is 1.48. The van der Waals surface area contributed by atoms with Crippen molar-refractivity contribution in [3.8, 4) is 17.2 Å². The van der Waals surface area contributed by atoms with Crippen molar-refractivity contribution in [1.29, 1.82) is 0 Å². The van der Waals surface area contributed by atoms with Crippen molar-refractivity contribution in [3.63, 3.8) is 0 Å². The number of hydrogen-bond acceptors (Lipinski definition) is 7. The van der Waals surface area contributed by atoms with Gasteiger partial charge in [0.05, 0.1) is 22.9 Å². The highest BCUT2D eigenvalue weighted by atomic mass is 35.5. The minimum absolute atomic E-state index is 0.293. The first kappa shape index (κ1) is 19.5. The Hall–Kier alpha value is -1.83. The number of fused-ring (bicyclic) bond motifs is 1. The highest BCUT2D eigenvalue weighted by Gasteiger charge is 2.28. The minimum atomic E-state index is 0.293. The molecule has 2 N–H and O–H groups in total. The zero-order valence-corrected chi connectivity index (χ0v) is 17.0. The minimum Gasteiger partial charge on any atom is -0.492 e. The molecular weight excluding hydrogens is 380 g/mol. The molecule has 0 aliphatic carbocycles. The van der Waals surface area contributed by atoms with Gasteiger partial charge in [0.1, 0.15) is 5.75 Å². The molecule has 0 saturated carbocycles. The smallest absolute Gasteiger partial charge is 0.251 e. The summed E-state index contributed by atoms with van der Waals surface area (Å²) in [5.41, 5.74) is 8.40. The predicted molar refractivity (Wildman–Crippen MR) is 108 cm³/mol. The van der Waals surface area contributed by atoms with Crippen molar-refractivity contribution >= 4 is 17.3 Å². The van der Waals surface area contributed by atoms with Crippen molar-refractivity contribution in [1.82, 2.24) is 15.1 Å². The van der Waals surface area contributed by atoms with E-state index in [0.717, 1.165) is 75.2 Å². The highest BCUT2D eigenvalue weighted by molar-refractivity contribution is 6.33. The van der Waals surface area contributed by atoms with Crippen molar-refractivity contribution in [2.45, 2.75) is 38.0 Å². The molecule has 28 heavy (non-hydrogen) atoms. The van der Waals surface area contributed by atoms with Crippen LogP contribution in [0.5, 0.6) is 5.75 Å². The van der Waals surface area contributed by atoms with Crippen LogP contribution in [0, 0.1) is 0 Å². The lowest BCUT2D eigenvalue weighted by Gasteiger charge is -2.30. The van der Waals surface area contributed by atoms with E-state index in [4.69, 9.17) is 31.2 Å². The lowest BCUT2D eigenvalue weighted by atomic mass is 9.97. The molecule has 0 atom stereocenters. The van der Waals surface area contributed by atoms with Gasteiger partial charge in [-0.3, -0.25) is 0 Å². The van der Waals surface area contributed by atoms with Crippen LogP contribution < -0.4 is 10.5 Å². The third-order valence-corrected chi connectivity index (χ3v) is 5.93. The number of piperidine rings is 1. The second kappa shape index (κ2) is 8.68. The third kappa shape index (κ3) is 3.97. The fourth-order valence-corrected chi connectivity index (χ4v) is 4.26. The van der Waals surface area contributed by atoms with E-state index in [1.165, 1.54) is 0 Å². The Bertz CT molecular complexity index is 818. The average Bonchev–Trinajstić information content (AvgIpc) is 3.21. The molecule has 3 heterocycles. The van der Waals surface area contributed by atoms with Crippen LogP contribution in [0.1, 0.15) is 43.1 Å². The second-order valence-electron chi connectivity index (χ2n) is 7.49. The lowest BCUT2D eigenvalue weighted by Crippen LogP contribution is -2.34. The summed E-state index contributed by atoms with van der Waals surface area (Å²) in [6, 6.07) is 1.77. The van der Waals surface area contributed by atoms with E-state index in [-0.39, 0.29) is 0 Å². The molecule has 1 aromatic carbocycles. The molecule has 1 saturated heterocycles. The van der Waals surface area contributed by atoms with Crippen LogP contribution in [-0.2, 0) is 11.2 Å². The van der Waals surface area contributed by atoms with Crippen LogP contribution in [0.2, 0.25) is 5.02 Å². The molecule has 1 aromatic heterocycles. The topological polar surface area (TPSA) is 86.6 Å². The van der Waals surface area contributed by atoms with E-state index in [2.05, 4.69) is 15.1 Å². The van der Waals surface area contributed by atoms with E-state index >= 15 is 0 Å². The summed E-state index contributed by atoms with van der Waals surface area (Å²) in [5, 5.41) is 9.13. The largest absolute Gasteiger partial charge is 0.492 e. The number of rotatable bonds is 6. The number of likely N-dealkylation sites (tertiary alicyclic amines) is 1. The number of benzene rings is 1. The van der Waals surface area contributed by atoms with Gasteiger partial charge in [0, 0.05) is 31.7 Å². The lowest BCUT2D eigenvalue weighted by molar-refractivity contribution is 0.154. The molecule has 0 spiro atoms. The van der Waals surface area contributed by atoms with Gasteiger partial charge in [0.25, 0.3) is 5.89 Å². The van der Waals surface area contributed by atoms with Crippen LogP contribution >= 0.6 is 11.6 Å². The number of anilines is 1. The summed E-state index contributed by atoms with van der Waals surface area (Å²) in [6.45, 7) is 4.62. The summed E-state index contributed by atoms with van der Waals surface area (Å²) in [4.78, 5) is 2.47. The fraction of sp³-hybridized carbons (Fsp3) is 0.600. The standard InChI is InChI=1S/C20H27ClN4O3/c1-26-10-3-7-25-8-5-13(6-9-25)19-23-24-20(28-19)15-12-16(21)17(22)14-4-2-11-27-18(14)15/h12-13H,2-11,22H2,1H3. The number of nitrogens with zero attached hydrogens (tertiary/aromatic N) is 3.